The summed E-state index contributed by atoms with van der Waals surface area (Å²) in [6.45, 7) is 1.26. The van der Waals surface area contributed by atoms with Crippen LogP contribution in [-0.4, -0.2) is 32.1 Å². The van der Waals surface area contributed by atoms with Gasteiger partial charge in [0.25, 0.3) is 0 Å². The molecule has 2 nitrogen and oxygen atoms in total. The molecule has 0 saturated carbocycles. The van der Waals surface area contributed by atoms with Gasteiger partial charge in [0.05, 0.1) is 0 Å². The van der Waals surface area contributed by atoms with Crippen LogP contribution in [0.1, 0.15) is 5.56 Å². The van der Waals surface area contributed by atoms with Crippen molar-refractivity contribution in [3.63, 3.8) is 0 Å². The number of hydrogen-bond acceptors (Lipinski definition) is 2. The van der Waals surface area contributed by atoms with Gasteiger partial charge in [-0.25, -0.2) is 8.78 Å². The van der Waals surface area contributed by atoms with E-state index in [9.17, 15) is 17.6 Å². The number of likely N-dealkylation sites (N-methyl/N-ethyl adjacent to an activating group) is 1. The van der Waals surface area contributed by atoms with Crippen molar-refractivity contribution in [1.82, 2.24) is 4.90 Å². The zero-order chi connectivity index (χ0) is 13.2. The Labute approximate surface area is 96.8 Å². The number of benzene rings is 1. The van der Waals surface area contributed by atoms with Crippen molar-refractivity contribution < 1.29 is 22.3 Å². The third-order valence-corrected chi connectivity index (χ3v) is 2.23. The summed E-state index contributed by atoms with van der Waals surface area (Å²) in [5.74, 6) is -6.86. The SMILES string of the molecule is Cc1c(F)c(F)c(OCCN(C)C)c(F)c1F. The zero-order valence-corrected chi connectivity index (χ0v) is 9.78. The van der Waals surface area contributed by atoms with Gasteiger partial charge in [-0.3, -0.25) is 0 Å². The summed E-state index contributed by atoms with van der Waals surface area (Å²) in [4.78, 5) is 1.71. The standard InChI is InChI=1S/C11H13F4NO/c1-6-7(12)9(14)11(10(15)8(6)13)17-5-4-16(2)3/h4-5H2,1-3H3. The van der Waals surface area contributed by atoms with E-state index >= 15 is 0 Å². The first-order chi connectivity index (χ1) is 7.86. The molecule has 0 aliphatic carbocycles. The summed E-state index contributed by atoms with van der Waals surface area (Å²) < 4.78 is 57.6. The van der Waals surface area contributed by atoms with Crippen molar-refractivity contribution in [3.05, 3.63) is 28.8 Å². The maximum absolute atomic E-state index is 13.3. The molecule has 17 heavy (non-hydrogen) atoms. The zero-order valence-electron chi connectivity index (χ0n) is 9.78. The highest BCUT2D eigenvalue weighted by Crippen LogP contribution is 2.29. The van der Waals surface area contributed by atoms with Crippen LogP contribution in [0.15, 0.2) is 0 Å². The quantitative estimate of drug-likeness (QED) is 0.602. The Balaban J connectivity index is 2.99. The van der Waals surface area contributed by atoms with Gasteiger partial charge in [0.1, 0.15) is 6.61 Å². The largest absolute Gasteiger partial charge is 0.486 e. The van der Waals surface area contributed by atoms with Gasteiger partial charge in [-0.1, -0.05) is 0 Å². The van der Waals surface area contributed by atoms with Crippen LogP contribution >= 0.6 is 0 Å². The molecule has 0 spiro atoms. The predicted molar refractivity (Wildman–Crippen MR) is 55.1 cm³/mol. The molecule has 0 unspecified atom stereocenters. The second kappa shape index (κ2) is 5.35. The van der Waals surface area contributed by atoms with Crippen LogP contribution in [0.3, 0.4) is 0 Å². The molecular formula is C11H13F4NO. The Kier molecular flexibility index (Phi) is 4.34. The van der Waals surface area contributed by atoms with Gasteiger partial charge >= 0.3 is 0 Å². The van der Waals surface area contributed by atoms with Crippen LogP contribution in [-0.2, 0) is 0 Å². The molecule has 1 aromatic rings. The van der Waals surface area contributed by atoms with E-state index < -0.39 is 34.6 Å². The van der Waals surface area contributed by atoms with Crippen molar-refractivity contribution in [2.24, 2.45) is 0 Å². The van der Waals surface area contributed by atoms with Crippen molar-refractivity contribution in [2.75, 3.05) is 27.2 Å². The van der Waals surface area contributed by atoms with Gasteiger partial charge in [-0.2, -0.15) is 8.78 Å². The second-order valence-corrected chi connectivity index (χ2v) is 3.86. The average Bonchev–Trinajstić information content (AvgIpc) is 2.28. The minimum absolute atomic E-state index is 0.0667. The number of hydrogen-bond donors (Lipinski definition) is 0. The van der Waals surface area contributed by atoms with Crippen molar-refractivity contribution in [3.8, 4) is 5.75 Å². The van der Waals surface area contributed by atoms with E-state index in [0.29, 0.717) is 6.54 Å². The molecule has 1 rings (SSSR count). The molecule has 0 amide bonds. The molecule has 0 aliphatic heterocycles. The molecule has 0 heterocycles. The highest BCUT2D eigenvalue weighted by molar-refractivity contribution is 5.33. The topological polar surface area (TPSA) is 12.5 Å². The Hall–Kier alpha value is -1.30. The molecule has 0 aromatic heterocycles. The average molecular weight is 251 g/mol. The first-order valence-electron chi connectivity index (χ1n) is 4.96. The number of nitrogens with zero attached hydrogens (tertiary/aromatic N) is 1. The van der Waals surface area contributed by atoms with Crippen LogP contribution in [0.4, 0.5) is 17.6 Å². The number of rotatable bonds is 4. The van der Waals surface area contributed by atoms with E-state index in [1.165, 1.54) is 0 Å². The van der Waals surface area contributed by atoms with Gasteiger partial charge in [0, 0.05) is 12.1 Å². The third kappa shape index (κ3) is 2.88. The highest BCUT2D eigenvalue weighted by Gasteiger charge is 2.24. The monoisotopic (exact) mass is 251 g/mol. The van der Waals surface area contributed by atoms with Crippen LogP contribution < -0.4 is 4.74 Å². The summed E-state index contributed by atoms with van der Waals surface area (Å²) >= 11 is 0. The molecule has 0 bridgehead atoms. The Morgan fingerprint density at radius 2 is 1.41 bits per heavy atom. The third-order valence-electron chi connectivity index (χ3n) is 2.23. The lowest BCUT2D eigenvalue weighted by molar-refractivity contribution is 0.234. The second-order valence-electron chi connectivity index (χ2n) is 3.86. The lowest BCUT2D eigenvalue weighted by Gasteiger charge is -2.13. The Bertz CT molecular complexity index is 391. The molecule has 0 fully saturated rings. The molecule has 0 atom stereocenters. The van der Waals surface area contributed by atoms with E-state index in [4.69, 9.17) is 4.74 Å². The number of ether oxygens (including phenoxy) is 1. The molecule has 0 saturated heterocycles. The molecule has 6 heteroatoms. The first kappa shape index (κ1) is 13.8. The lowest BCUT2D eigenvalue weighted by Crippen LogP contribution is -2.20. The fourth-order valence-corrected chi connectivity index (χ4v) is 1.18. The Morgan fingerprint density at radius 1 is 0.941 bits per heavy atom. The fourth-order valence-electron chi connectivity index (χ4n) is 1.18. The molecule has 0 radical (unpaired) electrons. The molecule has 96 valence electrons. The minimum atomic E-state index is -1.50. The van der Waals surface area contributed by atoms with Crippen LogP contribution in [0.2, 0.25) is 0 Å². The van der Waals surface area contributed by atoms with Gasteiger partial charge in [-0.05, 0) is 21.0 Å². The van der Waals surface area contributed by atoms with E-state index in [1.807, 2.05) is 0 Å². The summed E-state index contributed by atoms with van der Waals surface area (Å²) in [6, 6.07) is 0. The van der Waals surface area contributed by atoms with Crippen molar-refractivity contribution in [2.45, 2.75) is 6.92 Å². The van der Waals surface area contributed by atoms with Crippen LogP contribution in [0, 0.1) is 30.2 Å². The number of halogens is 4. The smallest absolute Gasteiger partial charge is 0.204 e. The van der Waals surface area contributed by atoms with Crippen LogP contribution in [0.5, 0.6) is 5.75 Å². The summed E-state index contributed by atoms with van der Waals surface area (Å²) in [5, 5.41) is 0. The van der Waals surface area contributed by atoms with Gasteiger partial charge < -0.3 is 9.64 Å². The predicted octanol–water partition coefficient (Wildman–Crippen LogP) is 2.49. The summed E-state index contributed by atoms with van der Waals surface area (Å²) in [5.41, 5.74) is -0.694. The molecule has 1 aromatic carbocycles. The van der Waals surface area contributed by atoms with Gasteiger partial charge in [-0.15, -0.1) is 0 Å². The van der Waals surface area contributed by atoms with Gasteiger partial charge in [0.15, 0.2) is 17.4 Å². The van der Waals surface area contributed by atoms with Crippen molar-refractivity contribution >= 4 is 0 Å². The summed E-state index contributed by atoms with van der Waals surface area (Å²) in [7, 11) is 3.46. The summed E-state index contributed by atoms with van der Waals surface area (Å²) in [6.07, 6.45) is 0. The Morgan fingerprint density at radius 3 is 1.82 bits per heavy atom. The van der Waals surface area contributed by atoms with E-state index in [-0.39, 0.29) is 6.61 Å². The normalized spacial score (nSPS) is 11.1. The molecule has 0 aliphatic rings. The first-order valence-corrected chi connectivity index (χ1v) is 4.96. The lowest BCUT2D eigenvalue weighted by atomic mass is 10.2. The molecule has 0 N–H and O–H groups in total. The van der Waals surface area contributed by atoms with E-state index in [1.54, 1.807) is 19.0 Å². The minimum Gasteiger partial charge on any atom is -0.486 e. The van der Waals surface area contributed by atoms with E-state index in [2.05, 4.69) is 0 Å². The highest BCUT2D eigenvalue weighted by atomic mass is 19.2. The molecular weight excluding hydrogens is 238 g/mol. The maximum Gasteiger partial charge on any atom is 0.204 e. The van der Waals surface area contributed by atoms with Gasteiger partial charge in [0.2, 0.25) is 11.6 Å². The van der Waals surface area contributed by atoms with E-state index in [0.717, 1.165) is 6.92 Å². The fraction of sp³-hybridized carbons (Fsp3) is 0.455. The van der Waals surface area contributed by atoms with Crippen LogP contribution in [0.25, 0.3) is 0 Å². The maximum atomic E-state index is 13.3. The van der Waals surface area contributed by atoms with Crippen molar-refractivity contribution in [1.29, 1.82) is 0 Å².